The fraction of sp³-hybridized carbons (Fsp3) is 0.222. The largest absolute Gasteiger partial charge is 0.591 e. The van der Waals surface area contributed by atoms with E-state index in [-0.39, 0.29) is 10.7 Å². The number of benzene rings is 2. The minimum Gasteiger partial charge on any atom is -0.591 e. The zero-order valence-corrected chi connectivity index (χ0v) is 14.3. The van der Waals surface area contributed by atoms with E-state index in [1.807, 2.05) is 51.1 Å². The van der Waals surface area contributed by atoms with Gasteiger partial charge in [0.2, 0.25) is 0 Å². The average molecular weight is 328 g/mol. The fourth-order valence-electron chi connectivity index (χ4n) is 1.71. The molecular weight excluding hydrogens is 308 g/mol. The Morgan fingerprint density at radius 1 is 1.09 bits per heavy atom. The molecule has 2 rings (SSSR count). The molecule has 0 saturated heterocycles. The lowest BCUT2D eigenvalue weighted by Crippen LogP contribution is -2.25. The molecule has 5 heteroatoms. The van der Waals surface area contributed by atoms with Crippen LogP contribution in [0, 0.1) is 0 Å². The quantitative estimate of drug-likeness (QED) is 0.685. The van der Waals surface area contributed by atoms with E-state index >= 15 is 0 Å². The zero-order valence-electron chi connectivity index (χ0n) is 13.4. The van der Waals surface area contributed by atoms with E-state index in [9.17, 15) is 9.35 Å². The van der Waals surface area contributed by atoms with Crippen LogP contribution in [0.15, 0.2) is 59.0 Å². The molecule has 0 bridgehead atoms. The van der Waals surface area contributed by atoms with Crippen LogP contribution < -0.4 is 5.32 Å². The molecule has 1 unspecified atom stereocenters. The predicted octanol–water partition coefficient (Wildman–Crippen LogP) is 3.82. The number of para-hydroxylation sites is 1. The van der Waals surface area contributed by atoms with Crippen molar-refractivity contribution in [2.24, 2.45) is 4.40 Å². The number of hydrogen-bond donors (Lipinski definition) is 1. The molecule has 0 fully saturated rings. The number of rotatable bonds is 4. The number of anilines is 1. The van der Waals surface area contributed by atoms with E-state index in [0.717, 1.165) is 11.3 Å². The zero-order chi connectivity index (χ0) is 16.9. The molecule has 23 heavy (non-hydrogen) atoms. The van der Waals surface area contributed by atoms with Crippen LogP contribution in [0.2, 0.25) is 0 Å². The van der Waals surface area contributed by atoms with E-state index in [1.54, 1.807) is 30.5 Å². The van der Waals surface area contributed by atoms with Gasteiger partial charge in [-0.2, -0.15) is 0 Å². The molecular formula is C18H20N2O2S. The highest BCUT2D eigenvalue weighted by atomic mass is 32.2. The molecule has 0 radical (unpaired) electrons. The Labute approximate surface area is 140 Å². The normalized spacial score (nSPS) is 13.0. The number of hydrogen-bond acceptors (Lipinski definition) is 3. The fourth-order valence-corrected chi connectivity index (χ4v) is 2.25. The summed E-state index contributed by atoms with van der Waals surface area (Å²) >= 11 is -1.29. The van der Waals surface area contributed by atoms with Crippen molar-refractivity contribution < 1.29 is 9.35 Å². The molecule has 0 aliphatic heterocycles. The second kappa shape index (κ2) is 7.44. The third kappa shape index (κ3) is 5.23. The summed E-state index contributed by atoms with van der Waals surface area (Å²) < 4.78 is 15.5. The molecule has 0 spiro atoms. The Morgan fingerprint density at radius 3 is 2.26 bits per heavy atom. The van der Waals surface area contributed by atoms with Crippen molar-refractivity contribution in [1.29, 1.82) is 0 Å². The van der Waals surface area contributed by atoms with Crippen molar-refractivity contribution >= 4 is 29.2 Å². The molecule has 2 aromatic carbocycles. The second-order valence-electron chi connectivity index (χ2n) is 6.04. The molecule has 2 aromatic rings. The third-order valence-corrected chi connectivity index (χ3v) is 4.37. The third-order valence-electron chi connectivity index (χ3n) is 3.03. The van der Waals surface area contributed by atoms with E-state index in [4.69, 9.17) is 0 Å². The van der Waals surface area contributed by atoms with Crippen LogP contribution in [0.4, 0.5) is 5.69 Å². The number of nitrogens with one attached hydrogen (secondary N) is 1. The van der Waals surface area contributed by atoms with Crippen LogP contribution in [0.1, 0.15) is 36.7 Å². The molecule has 0 heterocycles. The van der Waals surface area contributed by atoms with E-state index < -0.39 is 11.4 Å². The smallest absolute Gasteiger partial charge is 0.255 e. The monoisotopic (exact) mass is 328 g/mol. The standard InChI is InChI=1S/C18H20N2O2S/c1-18(2,3)23(22)19-13-14-9-11-15(12-10-14)17(21)20-16-7-5-4-6-8-16/h4-13H,1-3H3,(H,20,21)/b19-13+. The molecule has 1 N–H and O–H groups in total. The number of nitrogens with zero attached hydrogens (tertiary/aromatic N) is 1. The van der Waals surface area contributed by atoms with Crippen molar-refractivity contribution in [3.63, 3.8) is 0 Å². The Kier molecular flexibility index (Phi) is 5.58. The lowest BCUT2D eigenvalue weighted by Gasteiger charge is -2.17. The number of carbonyl (C=O) groups excluding carboxylic acids is 1. The van der Waals surface area contributed by atoms with E-state index in [2.05, 4.69) is 9.71 Å². The van der Waals surface area contributed by atoms with Gasteiger partial charge in [-0.3, -0.25) is 4.79 Å². The summed E-state index contributed by atoms with van der Waals surface area (Å²) in [5.41, 5.74) is 2.12. The summed E-state index contributed by atoms with van der Waals surface area (Å²) in [6.45, 7) is 5.62. The van der Waals surface area contributed by atoms with Gasteiger partial charge in [0.1, 0.15) is 16.1 Å². The molecule has 0 aliphatic rings. The van der Waals surface area contributed by atoms with Crippen molar-refractivity contribution in [3.8, 4) is 0 Å². The molecule has 0 aliphatic carbocycles. The summed E-state index contributed by atoms with van der Waals surface area (Å²) in [5.74, 6) is -0.169. The Morgan fingerprint density at radius 2 is 1.70 bits per heavy atom. The maximum Gasteiger partial charge on any atom is 0.255 e. The van der Waals surface area contributed by atoms with Gasteiger partial charge in [-0.15, -0.1) is 0 Å². The van der Waals surface area contributed by atoms with Gasteiger partial charge in [-0.05, 0) is 50.6 Å². The first-order valence-corrected chi connectivity index (χ1v) is 8.39. The first-order chi connectivity index (χ1) is 10.9. The Hall–Kier alpha value is -2.11. The van der Waals surface area contributed by atoms with Crippen molar-refractivity contribution in [1.82, 2.24) is 0 Å². The minimum absolute atomic E-state index is 0.169. The predicted molar refractivity (Wildman–Crippen MR) is 96.3 cm³/mol. The lowest BCUT2D eigenvalue weighted by molar-refractivity contribution is 0.102. The van der Waals surface area contributed by atoms with Crippen molar-refractivity contribution in [3.05, 3.63) is 65.7 Å². The molecule has 1 amide bonds. The van der Waals surface area contributed by atoms with Gasteiger partial charge in [0, 0.05) is 11.3 Å². The summed E-state index contributed by atoms with van der Waals surface area (Å²) in [6.07, 6.45) is 1.57. The molecule has 0 aromatic heterocycles. The van der Waals surface area contributed by atoms with Crippen LogP contribution in [0.25, 0.3) is 0 Å². The van der Waals surface area contributed by atoms with Gasteiger partial charge in [-0.1, -0.05) is 34.7 Å². The highest BCUT2D eigenvalue weighted by molar-refractivity contribution is 7.91. The van der Waals surface area contributed by atoms with Crippen LogP contribution >= 0.6 is 0 Å². The van der Waals surface area contributed by atoms with Crippen LogP contribution in [-0.2, 0) is 11.4 Å². The van der Waals surface area contributed by atoms with E-state index in [0.29, 0.717) is 5.56 Å². The number of amides is 1. The van der Waals surface area contributed by atoms with E-state index in [1.165, 1.54) is 0 Å². The Balaban J connectivity index is 2.02. The molecule has 0 saturated carbocycles. The van der Waals surface area contributed by atoms with Crippen molar-refractivity contribution in [2.45, 2.75) is 25.5 Å². The minimum atomic E-state index is -1.29. The maximum atomic E-state index is 12.1. The van der Waals surface area contributed by atoms with Gasteiger partial charge in [0.25, 0.3) is 5.91 Å². The molecule has 4 nitrogen and oxygen atoms in total. The maximum absolute atomic E-state index is 12.1. The average Bonchev–Trinajstić information content (AvgIpc) is 2.53. The summed E-state index contributed by atoms with van der Waals surface area (Å²) in [7, 11) is 0. The van der Waals surface area contributed by atoms with Gasteiger partial charge >= 0.3 is 0 Å². The molecule has 120 valence electrons. The number of carbonyl (C=O) groups is 1. The second-order valence-corrected chi connectivity index (χ2v) is 7.97. The summed E-state index contributed by atoms with van der Waals surface area (Å²) in [6, 6.07) is 16.3. The van der Waals surface area contributed by atoms with Crippen LogP contribution in [-0.4, -0.2) is 21.4 Å². The van der Waals surface area contributed by atoms with Crippen LogP contribution in [0.5, 0.6) is 0 Å². The van der Waals surface area contributed by atoms with Gasteiger partial charge in [0.15, 0.2) is 0 Å². The van der Waals surface area contributed by atoms with Gasteiger partial charge < -0.3 is 9.87 Å². The summed E-state index contributed by atoms with van der Waals surface area (Å²) in [4.78, 5) is 12.1. The first-order valence-electron chi connectivity index (χ1n) is 7.29. The van der Waals surface area contributed by atoms with Gasteiger partial charge in [-0.25, -0.2) is 0 Å². The van der Waals surface area contributed by atoms with Gasteiger partial charge in [0.05, 0.1) is 6.21 Å². The highest BCUT2D eigenvalue weighted by Gasteiger charge is 2.25. The molecule has 1 atom stereocenters. The SMILES string of the molecule is CC(C)(C)[S+]([O-])/N=C/c1ccc(C(=O)Nc2ccccc2)cc1. The summed E-state index contributed by atoms with van der Waals surface area (Å²) in [5, 5.41) is 2.83. The highest BCUT2D eigenvalue weighted by Crippen LogP contribution is 2.17. The Bertz CT molecular complexity index is 676. The lowest BCUT2D eigenvalue weighted by atomic mass is 10.1. The van der Waals surface area contributed by atoms with Crippen LogP contribution in [0.3, 0.4) is 0 Å². The first kappa shape index (κ1) is 17.2. The van der Waals surface area contributed by atoms with Crippen molar-refractivity contribution in [2.75, 3.05) is 5.32 Å². The topological polar surface area (TPSA) is 64.5 Å².